The van der Waals surface area contributed by atoms with E-state index >= 15 is 0 Å². The van der Waals surface area contributed by atoms with Gasteiger partial charge in [-0.15, -0.1) is 12.4 Å². The van der Waals surface area contributed by atoms with Crippen LogP contribution in [0.4, 0.5) is 5.69 Å². The molecule has 24 heavy (non-hydrogen) atoms. The topological polar surface area (TPSA) is 49.6 Å². The van der Waals surface area contributed by atoms with E-state index in [1.165, 1.54) is 5.56 Å². The summed E-state index contributed by atoms with van der Waals surface area (Å²) < 4.78 is 0. The highest BCUT2D eigenvalue weighted by Crippen LogP contribution is 2.19. The van der Waals surface area contributed by atoms with E-state index in [9.17, 15) is 4.79 Å². The van der Waals surface area contributed by atoms with Crippen LogP contribution in [0, 0.1) is 0 Å². The van der Waals surface area contributed by atoms with Crippen LogP contribution in [0.3, 0.4) is 0 Å². The number of nitrogens with zero attached hydrogens (tertiary/aromatic N) is 2. The van der Waals surface area contributed by atoms with Gasteiger partial charge in [0.15, 0.2) is 0 Å². The van der Waals surface area contributed by atoms with Crippen molar-refractivity contribution >= 4 is 24.0 Å². The zero-order valence-corrected chi connectivity index (χ0v) is 14.7. The minimum Gasteiger partial charge on any atom is -0.399 e. The van der Waals surface area contributed by atoms with Gasteiger partial charge in [-0.3, -0.25) is 9.69 Å². The van der Waals surface area contributed by atoms with Crippen LogP contribution in [0.15, 0.2) is 54.6 Å². The monoisotopic (exact) mass is 345 g/mol. The molecule has 0 radical (unpaired) electrons. The van der Waals surface area contributed by atoms with Crippen molar-refractivity contribution in [2.75, 3.05) is 25.9 Å². The summed E-state index contributed by atoms with van der Waals surface area (Å²) in [5.74, 6) is 0.0663. The number of hydrogen-bond donors (Lipinski definition) is 1. The Kier molecular flexibility index (Phi) is 6.23. The third-order valence-electron chi connectivity index (χ3n) is 4.52. The quantitative estimate of drug-likeness (QED) is 0.866. The van der Waals surface area contributed by atoms with Gasteiger partial charge in [0.2, 0.25) is 0 Å². The van der Waals surface area contributed by atoms with E-state index in [0.29, 0.717) is 11.3 Å². The molecule has 128 valence electrons. The van der Waals surface area contributed by atoms with Crippen LogP contribution in [0.25, 0.3) is 0 Å². The first-order chi connectivity index (χ1) is 11.1. The second kappa shape index (κ2) is 8.18. The van der Waals surface area contributed by atoms with E-state index in [1.54, 1.807) is 24.3 Å². The predicted octanol–water partition coefficient (Wildman–Crippen LogP) is 3.04. The summed E-state index contributed by atoms with van der Waals surface area (Å²) in [6.07, 6.45) is 1.02. The van der Waals surface area contributed by atoms with Crippen LogP contribution in [0.2, 0.25) is 0 Å². The van der Waals surface area contributed by atoms with Crippen LogP contribution < -0.4 is 5.73 Å². The maximum absolute atomic E-state index is 12.6. The summed E-state index contributed by atoms with van der Waals surface area (Å²) in [5, 5.41) is 0. The van der Waals surface area contributed by atoms with Crippen molar-refractivity contribution in [3.8, 4) is 0 Å². The lowest BCUT2D eigenvalue weighted by molar-refractivity contribution is 0.0735. The second-order valence-electron chi connectivity index (χ2n) is 6.20. The van der Waals surface area contributed by atoms with E-state index in [4.69, 9.17) is 5.73 Å². The van der Waals surface area contributed by atoms with Crippen molar-refractivity contribution in [1.82, 2.24) is 9.80 Å². The van der Waals surface area contributed by atoms with Crippen LogP contribution in [-0.4, -0.2) is 41.9 Å². The first-order valence-corrected chi connectivity index (χ1v) is 8.02. The second-order valence-corrected chi connectivity index (χ2v) is 6.20. The van der Waals surface area contributed by atoms with Crippen molar-refractivity contribution < 1.29 is 4.79 Å². The Bertz CT molecular complexity index is 660. The molecular formula is C19H24ClN3O. The first-order valence-electron chi connectivity index (χ1n) is 8.02. The minimum absolute atomic E-state index is 0. The normalized spacial score (nSPS) is 17.3. The van der Waals surface area contributed by atoms with Gasteiger partial charge in [0.1, 0.15) is 0 Å². The summed E-state index contributed by atoms with van der Waals surface area (Å²) in [6, 6.07) is 17.9. The van der Waals surface area contributed by atoms with Crippen LogP contribution in [0.5, 0.6) is 0 Å². The number of nitrogens with two attached hydrogens (primary N) is 1. The molecule has 0 aromatic heterocycles. The molecule has 1 amide bonds. The van der Waals surface area contributed by atoms with Gasteiger partial charge in [0.25, 0.3) is 5.91 Å². The average molecular weight is 346 g/mol. The third-order valence-corrected chi connectivity index (χ3v) is 4.52. The zero-order chi connectivity index (χ0) is 16.2. The zero-order valence-electron chi connectivity index (χ0n) is 13.9. The highest BCUT2D eigenvalue weighted by molar-refractivity contribution is 5.94. The van der Waals surface area contributed by atoms with Gasteiger partial charge < -0.3 is 10.6 Å². The molecule has 2 aromatic carbocycles. The minimum atomic E-state index is 0. The molecule has 1 saturated heterocycles. The van der Waals surface area contributed by atoms with Gasteiger partial charge >= 0.3 is 0 Å². The van der Waals surface area contributed by atoms with Crippen molar-refractivity contribution in [2.24, 2.45) is 0 Å². The maximum atomic E-state index is 12.6. The Morgan fingerprint density at radius 2 is 1.83 bits per heavy atom. The van der Waals surface area contributed by atoms with Crippen molar-refractivity contribution in [3.63, 3.8) is 0 Å². The predicted molar refractivity (Wildman–Crippen MR) is 100 cm³/mol. The Morgan fingerprint density at radius 3 is 2.50 bits per heavy atom. The van der Waals surface area contributed by atoms with Crippen LogP contribution in [-0.2, 0) is 6.54 Å². The van der Waals surface area contributed by atoms with Gasteiger partial charge in [-0.2, -0.15) is 0 Å². The number of halogens is 1. The molecule has 0 aliphatic carbocycles. The summed E-state index contributed by atoms with van der Waals surface area (Å²) >= 11 is 0. The summed E-state index contributed by atoms with van der Waals surface area (Å²) in [5.41, 5.74) is 8.38. The molecule has 1 fully saturated rings. The molecule has 1 atom stereocenters. The molecular weight excluding hydrogens is 322 g/mol. The average Bonchev–Trinajstić information content (AvgIpc) is 3.03. The molecule has 1 heterocycles. The molecule has 2 N–H and O–H groups in total. The molecule has 5 heteroatoms. The van der Waals surface area contributed by atoms with Crippen molar-refractivity contribution in [3.05, 3.63) is 65.7 Å². The third kappa shape index (κ3) is 4.28. The number of carbonyl (C=O) groups excluding carboxylic acids is 1. The number of benzene rings is 2. The standard InChI is InChI=1S/C19H23N3O.ClH/c1-21(19(23)16-7-9-17(20)10-8-16)18-11-12-22(14-18)13-15-5-3-2-4-6-15;/h2-10,18H,11-14,20H2,1H3;1H. The van der Waals surface area contributed by atoms with Gasteiger partial charge in [-0.1, -0.05) is 30.3 Å². The first kappa shape index (κ1) is 18.3. The molecule has 2 aromatic rings. The van der Waals surface area contributed by atoms with Crippen molar-refractivity contribution in [1.29, 1.82) is 0 Å². The van der Waals surface area contributed by atoms with Gasteiger partial charge in [-0.25, -0.2) is 0 Å². The van der Waals surface area contributed by atoms with Gasteiger partial charge in [0.05, 0.1) is 0 Å². The lowest BCUT2D eigenvalue weighted by atomic mass is 10.1. The SMILES string of the molecule is CN(C(=O)c1ccc(N)cc1)C1CCN(Cc2ccccc2)C1.Cl. The lowest BCUT2D eigenvalue weighted by Gasteiger charge is -2.25. The number of rotatable bonds is 4. The van der Waals surface area contributed by atoms with E-state index in [2.05, 4.69) is 29.2 Å². The molecule has 1 aliphatic rings. The van der Waals surface area contributed by atoms with Crippen LogP contribution >= 0.6 is 12.4 Å². The van der Waals surface area contributed by atoms with E-state index < -0.39 is 0 Å². The molecule has 1 unspecified atom stereocenters. The lowest BCUT2D eigenvalue weighted by Crippen LogP contribution is -2.38. The van der Waals surface area contributed by atoms with Gasteiger partial charge in [0, 0.05) is 44.0 Å². The molecule has 0 bridgehead atoms. The van der Waals surface area contributed by atoms with E-state index in [-0.39, 0.29) is 24.4 Å². The number of likely N-dealkylation sites (tertiary alicyclic amines) is 1. The fraction of sp³-hybridized carbons (Fsp3) is 0.316. The summed E-state index contributed by atoms with van der Waals surface area (Å²) in [4.78, 5) is 16.9. The summed E-state index contributed by atoms with van der Waals surface area (Å²) in [7, 11) is 1.90. The molecule has 1 aliphatic heterocycles. The molecule has 4 nitrogen and oxygen atoms in total. The van der Waals surface area contributed by atoms with E-state index in [0.717, 1.165) is 26.1 Å². The number of amides is 1. The van der Waals surface area contributed by atoms with Crippen molar-refractivity contribution in [2.45, 2.75) is 19.0 Å². The van der Waals surface area contributed by atoms with E-state index in [1.807, 2.05) is 18.0 Å². The molecule has 0 spiro atoms. The Balaban J connectivity index is 0.00000208. The highest BCUT2D eigenvalue weighted by Gasteiger charge is 2.28. The Hall–Kier alpha value is -2.04. The number of likely N-dealkylation sites (N-methyl/N-ethyl adjacent to an activating group) is 1. The largest absolute Gasteiger partial charge is 0.399 e. The Labute approximate surface area is 149 Å². The molecule has 3 rings (SSSR count). The summed E-state index contributed by atoms with van der Waals surface area (Å²) in [6.45, 7) is 2.90. The van der Waals surface area contributed by atoms with Crippen LogP contribution in [0.1, 0.15) is 22.3 Å². The number of anilines is 1. The fourth-order valence-electron chi connectivity index (χ4n) is 3.11. The molecule has 0 saturated carbocycles. The smallest absolute Gasteiger partial charge is 0.253 e. The number of nitrogen functional groups attached to an aromatic ring is 1. The van der Waals surface area contributed by atoms with Gasteiger partial charge in [-0.05, 0) is 36.2 Å². The highest BCUT2D eigenvalue weighted by atomic mass is 35.5. The fourth-order valence-corrected chi connectivity index (χ4v) is 3.11. The number of carbonyl (C=O) groups is 1. The maximum Gasteiger partial charge on any atom is 0.253 e. The number of hydrogen-bond acceptors (Lipinski definition) is 3. The Morgan fingerprint density at radius 1 is 1.17 bits per heavy atom.